The molecule has 2 fully saturated rings. The van der Waals surface area contributed by atoms with Crippen molar-refractivity contribution in [2.45, 2.75) is 19.1 Å². The number of carbonyl (C=O) groups is 1. The zero-order chi connectivity index (χ0) is 18.9. The standard InChI is InChI=1S/C24H24N2O2/c27-24(25-23-15-26-11-10-20(23)14-26)19-7-6-18-8-9-22(13-21(18)12-19)28-16-17-4-2-1-3-5-17/h1-9,12-13,20,23H,10-11,14-16H2,(H,25,27)/t20-,23?/m0/s1. The summed E-state index contributed by atoms with van der Waals surface area (Å²) in [7, 11) is 0. The Balaban J connectivity index is 1.30. The predicted octanol–water partition coefficient (Wildman–Crippen LogP) is 3.85. The van der Waals surface area contributed by atoms with E-state index in [1.807, 2.05) is 54.6 Å². The average molecular weight is 372 g/mol. The van der Waals surface area contributed by atoms with Crippen molar-refractivity contribution < 1.29 is 9.53 Å². The van der Waals surface area contributed by atoms with E-state index in [2.05, 4.69) is 22.3 Å². The van der Waals surface area contributed by atoms with Gasteiger partial charge in [0.15, 0.2) is 0 Å². The first kappa shape index (κ1) is 17.3. The molecule has 3 aromatic rings. The minimum atomic E-state index is 0.0243. The molecule has 2 bridgehead atoms. The monoisotopic (exact) mass is 372 g/mol. The lowest BCUT2D eigenvalue weighted by Crippen LogP contribution is -2.43. The van der Waals surface area contributed by atoms with Gasteiger partial charge in [-0.25, -0.2) is 0 Å². The summed E-state index contributed by atoms with van der Waals surface area (Å²) in [5.41, 5.74) is 1.85. The van der Waals surface area contributed by atoms with Gasteiger partial charge in [0.05, 0.1) is 0 Å². The normalized spacial score (nSPS) is 23.1. The second kappa shape index (κ2) is 7.28. The number of nitrogens with one attached hydrogen (secondary N) is 1. The van der Waals surface area contributed by atoms with Crippen LogP contribution < -0.4 is 10.1 Å². The summed E-state index contributed by atoms with van der Waals surface area (Å²) in [4.78, 5) is 15.2. The first-order valence-electron chi connectivity index (χ1n) is 9.98. The maximum atomic E-state index is 12.8. The summed E-state index contributed by atoms with van der Waals surface area (Å²) in [5.74, 6) is 1.45. The highest BCUT2D eigenvalue weighted by molar-refractivity contribution is 5.99. The van der Waals surface area contributed by atoms with E-state index in [1.165, 1.54) is 13.0 Å². The third-order valence-electron chi connectivity index (χ3n) is 5.97. The van der Waals surface area contributed by atoms with Crippen molar-refractivity contribution in [1.29, 1.82) is 0 Å². The third-order valence-corrected chi connectivity index (χ3v) is 5.97. The SMILES string of the molecule is O=C(NC1CN2CC[C@H]1C2)c1ccc2ccc(OCc3ccccc3)cc2c1. The van der Waals surface area contributed by atoms with Crippen LogP contribution in [0.1, 0.15) is 22.3 Å². The summed E-state index contributed by atoms with van der Waals surface area (Å²) >= 11 is 0. The molecule has 0 spiro atoms. The lowest BCUT2D eigenvalue weighted by atomic mass is 9.99. The number of piperidine rings is 1. The Morgan fingerprint density at radius 1 is 1.00 bits per heavy atom. The molecule has 3 aromatic carbocycles. The lowest BCUT2D eigenvalue weighted by Gasteiger charge is -2.23. The van der Waals surface area contributed by atoms with E-state index < -0.39 is 0 Å². The highest BCUT2D eigenvalue weighted by Crippen LogP contribution is 2.28. The Kier molecular flexibility index (Phi) is 4.49. The van der Waals surface area contributed by atoms with Gasteiger partial charge in [0.25, 0.3) is 5.91 Å². The van der Waals surface area contributed by atoms with Crippen LogP contribution in [0.15, 0.2) is 66.7 Å². The first-order valence-corrected chi connectivity index (χ1v) is 9.98. The van der Waals surface area contributed by atoms with Crippen molar-refractivity contribution in [2.24, 2.45) is 5.92 Å². The maximum Gasteiger partial charge on any atom is 0.251 e. The molecule has 0 aromatic heterocycles. The Morgan fingerprint density at radius 2 is 1.86 bits per heavy atom. The van der Waals surface area contributed by atoms with Gasteiger partial charge in [-0.15, -0.1) is 0 Å². The van der Waals surface area contributed by atoms with Gasteiger partial charge >= 0.3 is 0 Å². The van der Waals surface area contributed by atoms with Crippen LogP contribution in [-0.2, 0) is 6.61 Å². The van der Waals surface area contributed by atoms with Crippen LogP contribution in [0.2, 0.25) is 0 Å². The summed E-state index contributed by atoms with van der Waals surface area (Å²) in [6.45, 7) is 3.83. The average Bonchev–Trinajstić information content (AvgIpc) is 3.35. The number of carbonyl (C=O) groups excluding carboxylic acids is 1. The molecule has 1 N–H and O–H groups in total. The topological polar surface area (TPSA) is 41.6 Å². The minimum absolute atomic E-state index is 0.0243. The highest BCUT2D eigenvalue weighted by atomic mass is 16.5. The van der Waals surface area contributed by atoms with Crippen LogP contribution in [0.4, 0.5) is 0 Å². The fourth-order valence-electron chi connectivity index (χ4n) is 4.40. The molecule has 0 radical (unpaired) electrons. The van der Waals surface area contributed by atoms with Crippen molar-refractivity contribution >= 4 is 16.7 Å². The third kappa shape index (κ3) is 3.48. The molecule has 28 heavy (non-hydrogen) atoms. The number of rotatable bonds is 5. The Bertz CT molecular complexity index is 1000. The number of benzene rings is 3. The van der Waals surface area contributed by atoms with Crippen molar-refractivity contribution in [3.8, 4) is 5.75 Å². The molecule has 4 heteroatoms. The summed E-state index contributed by atoms with van der Waals surface area (Å²) in [5, 5.41) is 5.37. The molecule has 4 nitrogen and oxygen atoms in total. The molecule has 1 amide bonds. The quantitative estimate of drug-likeness (QED) is 0.740. The van der Waals surface area contributed by atoms with Crippen molar-refractivity contribution in [1.82, 2.24) is 10.2 Å². The van der Waals surface area contributed by atoms with E-state index in [0.717, 1.165) is 35.2 Å². The largest absolute Gasteiger partial charge is 0.489 e. The van der Waals surface area contributed by atoms with Crippen LogP contribution >= 0.6 is 0 Å². The zero-order valence-electron chi connectivity index (χ0n) is 15.8. The van der Waals surface area contributed by atoms with E-state index in [-0.39, 0.29) is 11.9 Å². The molecule has 2 unspecified atom stereocenters. The maximum absolute atomic E-state index is 12.8. The summed E-state index contributed by atoms with van der Waals surface area (Å²) < 4.78 is 5.94. The van der Waals surface area contributed by atoms with Gasteiger partial charge in [-0.2, -0.15) is 0 Å². The van der Waals surface area contributed by atoms with Crippen molar-refractivity contribution in [2.75, 3.05) is 19.6 Å². The molecule has 2 heterocycles. The van der Waals surface area contributed by atoms with Crippen molar-refractivity contribution in [3.05, 3.63) is 77.9 Å². The number of nitrogens with zero attached hydrogens (tertiary/aromatic N) is 1. The van der Waals surface area contributed by atoms with Crippen LogP contribution in [0, 0.1) is 5.92 Å². The molecular formula is C24H24N2O2. The molecule has 142 valence electrons. The molecule has 3 atom stereocenters. The fourth-order valence-corrected chi connectivity index (χ4v) is 4.40. The molecule has 2 aliphatic rings. The second-order valence-corrected chi connectivity index (χ2v) is 7.89. The van der Waals surface area contributed by atoms with Gasteiger partial charge in [-0.3, -0.25) is 4.79 Å². The Hall–Kier alpha value is -2.85. The Morgan fingerprint density at radius 3 is 2.64 bits per heavy atom. The number of hydrogen-bond donors (Lipinski definition) is 1. The molecule has 0 saturated carbocycles. The molecule has 5 rings (SSSR count). The second-order valence-electron chi connectivity index (χ2n) is 7.89. The fraction of sp³-hybridized carbons (Fsp3) is 0.292. The lowest BCUT2D eigenvalue weighted by molar-refractivity contribution is 0.0924. The Labute approximate surface area is 165 Å². The summed E-state index contributed by atoms with van der Waals surface area (Å²) in [6, 6.07) is 22.3. The molecule has 0 aliphatic carbocycles. The number of ether oxygens (including phenoxy) is 1. The minimum Gasteiger partial charge on any atom is -0.489 e. The van der Waals surface area contributed by atoms with Gasteiger partial charge in [-0.1, -0.05) is 42.5 Å². The van der Waals surface area contributed by atoms with Gasteiger partial charge in [0.1, 0.15) is 12.4 Å². The van der Waals surface area contributed by atoms with E-state index in [0.29, 0.717) is 18.1 Å². The van der Waals surface area contributed by atoms with Gasteiger partial charge in [-0.05, 0) is 59.5 Å². The van der Waals surface area contributed by atoms with Crippen LogP contribution in [0.5, 0.6) is 5.75 Å². The van der Waals surface area contributed by atoms with E-state index in [9.17, 15) is 4.79 Å². The zero-order valence-corrected chi connectivity index (χ0v) is 15.8. The smallest absolute Gasteiger partial charge is 0.251 e. The molecule has 2 aliphatic heterocycles. The number of amides is 1. The number of fused-ring (bicyclic) bond motifs is 3. The van der Waals surface area contributed by atoms with Crippen LogP contribution in [-0.4, -0.2) is 36.5 Å². The van der Waals surface area contributed by atoms with E-state index in [1.54, 1.807) is 0 Å². The highest BCUT2D eigenvalue weighted by Gasteiger charge is 2.38. The van der Waals surface area contributed by atoms with Crippen LogP contribution in [0.25, 0.3) is 10.8 Å². The summed E-state index contributed by atoms with van der Waals surface area (Å²) in [6.07, 6.45) is 1.20. The molecule has 2 saturated heterocycles. The van der Waals surface area contributed by atoms with Gasteiger partial charge < -0.3 is 15.0 Å². The predicted molar refractivity (Wildman–Crippen MR) is 111 cm³/mol. The van der Waals surface area contributed by atoms with Crippen LogP contribution in [0.3, 0.4) is 0 Å². The van der Waals surface area contributed by atoms with E-state index in [4.69, 9.17) is 4.74 Å². The van der Waals surface area contributed by atoms with Gasteiger partial charge in [0, 0.05) is 24.7 Å². The van der Waals surface area contributed by atoms with E-state index >= 15 is 0 Å². The van der Waals surface area contributed by atoms with Crippen molar-refractivity contribution in [3.63, 3.8) is 0 Å². The first-order chi connectivity index (χ1) is 13.7. The number of hydrogen-bond acceptors (Lipinski definition) is 3. The molecular weight excluding hydrogens is 348 g/mol. The van der Waals surface area contributed by atoms with Gasteiger partial charge in [0.2, 0.25) is 0 Å².